The van der Waals surface area contributed by atoms with Crippen LogP contribution in [0, 0.1) is 0 Å². The third kappa shape index (κ3) is 1.35. The second kappa shape index (κ2) is 2.39. The summed E-state index contributed by atoms with van der Waals surface area (Å²) in [5, 5.41) is 0. The van der Waals surface area contributed by atoms with E-state index in [1.165, 1.54) is 12.7 Å². The van der Waals surface area contributed by atoms with E-state index in [4.69, 9.17) is 0 Å². The van der Waals surface area contributed by atoms with Crippen LogP contribution in [0.25, 0.3) is 0 Å². The maximum Gasteiger partial charge on any atom is 0.369 e. The highest BCUT2D eigenvalue weighted by Gasteiger charge is 1.83. The maximum atomic E-state index is 10.3. The van der Waals surface area contributed by atoms with E-state index < -0.39 is 5.69 Å². The molecule has 0 fully saturated rings. The molecule has 0 radical (unpaired) electrons. The first-order chi connectivity index (χ1) is 4.33. The quantitative estimate of drug-likeness (QED) is 0.515. The van der Waals surface area contributed by atoms with Gasteiger partial charge < -0.3 is 4.57 Å². The van der Waals surface area contributed by atoms with Crippen LogP contribution >= 0.6 is 0 Å². The smallest absolute Gasteiger partial charge is 0.323 e. The van der Waals surface area contributed by atoms with Gasteiger partial charge in [-0.15, -0.1) is 0 Å². The van der Waals surface area contributed by atoms with Crippen molar-refractivity contribution >= 4 is 0 Å². The van der Waals surface area contributed by atoms with Crippen molar-refractivity contribution in [1.82, 2.24) is 14.5 Å². The second-order valence-electron chi connectivity index (χ2n) is 1.60. The molecular formula is C5H7N3O. The first-order valence-electron chi connectivity index (χ1n) is 2.71. The molecule has 0 aromatic carbocycles. The Kier molecular flexibility index (Phi) is 1.58. The summed E-state index contributed by atoms with van der Waals surface area (Å²) >= 11 is 0. The van der Waals surface area contributed by atoms with Crippen LogP contribution in [0.15, 0.2) is 17.4 Å². The van der Waals surface area contributed by atoms with Gasteiger partial charge in [0.15, 0.2) is 0 Å². The van der Waals surface area contributed by atoms with Gasteiger partial charge in [0, 0.05) is 6.54 Å². The minimum Gasteiger partial charge on any atom is -0.323 e. The SMILES string of the molecule is CCn1cnc(=O)nc1. The minimum absolute atomic E-state index is 0.431. The van der Waals surface area contributed by atoms with Gasteiger partial charge in [-0.05, 0) is 6.92 Å². The molecule has 0 bridgehead atoms. The molecule has 0 N–H and O–H groups in total. The number of aromatic nitrogens is 3. The van der Waals surface area contributed by atoms with E-state index in [-0.39, 0.29) is 0 Å². The van der Waals surface area contributed by atoms with Crippen LogP contribution in [0.2, 0.25) is 0 Å². The van der Waals surface area contributed by atoms with Gasteiger partial charge in [-0.1, -0.05) is 0 Å². The van der Waals surface area contributed by atoms with Crippen LogP contribution < -0.4 is 5.69 Å². The van der Waals surface area contributed by atoms with Gasteiger partial charge in [0.05, 0.1) is 0 Å². The predicted octanol–water partition coefficient (Wildman–Crippen LogP) is -0.342. The molecule has 4 heteroatoms. The van der Waals surface area contributed by atoms with Crippen molar-refractivity contribution in [2.45, 2.75) is 13.5 Å². The van der Waals surface area contributed by atoms with Crippen molar-refractivity contribution < 1.29 is 0 Å². The molecule has 48 valence electrons. The van der Waals surface area contributed by atoms with Crippen LogP contribution in [0.1, 0.15) is 6.92 Å². The van der Waals surface area contributed by atoms with Crippen LogP contribution in [-0.2, 0) is 6.54 Å². The van der Waals surface area contributed by atoms with Gasteiger partial charge in [0.1, 0.15) is 12.7 Å². The topological polar surface area (TPSA) is 47.8 Å². The summed E-state index contributed by atoms with van der Waals surface area (Å²) in [7, 11) is 0. The molecule has 0 aliphatic heterocycles. The number of aryl methyl sites for hydroxylation is 1. The molecule has 1 heterocycles. The zero-order valence-corrected chi connectivity index (χ0v) is 5.11. The molecule has 1 aromatic rings. The van der Waals surface area contributed by atoms with Crippen LogP contribution in [-0.4, -0.2) is 14.5 Å². The lowest BCUT2D eigenvalue weighted by Gasteiger charge is -1.94. The van der Waals surface area contributed by atoms with E-state index in [0.717, 1.165) is 6.54 Å². The number of rotatable bonds is 1. The van der Waals surface area contributed by atoms with Crippen LogP contribution in [0.5, 0.6) is 0 Å². The largest absolute Gasteiger partial charge is 0.369 e. The molecule has 0 spiro atoms. The Hall–Kier alpha value is -1.19. The third-order valence-corrected chi connectivity index (χ3v) is 0.998. The zero-order chi connectivity index (χ0) is 6.69. The average molecular weight is 125 g/mol. The van der Waals surface area contributed by atoms with Crippen molar-refractivity contribution in [3.63, 3.8) is 0 Å². The Labute approximate surface area is 52.2 Å². The molecule has 0 aliphatic carbocycles. The third-order valence-electron chi connectivity index (χ3n) is 0.998. The lowest BCUT2D eigenvalue weighted by atomic mass is 10.7. The molecule has 0 atom stereocenters. The Morgan fingerprint density at radius 1 is 1.56 bits per heavy atom. The molecule has 0 amide bonds. The van der Waals surface area contributed by atoms with Crippen molar-refractivity contribution in [1.29, 1.82) is 0 Å². The molecule has 1 rings (SSSR count). The van der Waals surface area contributed by atoms with Gasteiger partial charge in [0.2, 0.25) is 0 Å². The molecular weight excluding hydrogens is 118 g/mol. The van der Waals surface area contributed by atoms with E-state index in [2.05, 4.69) is 9.97 Å². The standard InChI is InChI=1S/C5H7N3O/c1-2-8-3-6-5(9)7-4-8/h3-4H,2H2,1H3. The highest BCUT2D eigenvalue weighted by molar-refractivity contribution is 4.62. The molecule has 1 aromatic heterocycles. The van der Waals surface area contributed by atoms with Crippen molar-refractivity contribution in [2.75, 3.05) is 0 Å². The fourth-order valence-corrected chi connectivity index (χ4v) is 0.474. The van der Waals surface area contributed by atoms with E-state index in [9.17, 15) is 4.79 Å². The number of hydrogen-bond acceptors (Lipinski definition) is 3. The molecule has 4 nitrogen and oxygen atoms in total. The second-order valence-corrected chi connectivity index (χ2v) is 1.60. The summed E-state index contributed by atoms with van der Waals surface area (Å²) in [6, 6.07) is 0. The van der Waals surface area contributed by atoms with Gasteiger partial charge in [-0.3, -0.25) is 0 Å². The highest BCUT2D eigenvalue weighted by Crippen LogP contribution is 1.74. The lowest BCUT2D eigenvalue weighted by Crippen LogP contribution is -2.12. The molecule has 0 saturated carbocycles. The van der Waals surface area contributed by atoms with E-state index in [0.29, 0.717) is 0 Å². The van der Waals surface area contributed by atoms with E-state index in [1.807, 2.05) is 6.92 Å². The summed E-state index contributed by atoms with van der Waals surface area (Å²) < 4.78 is 1.72. The Morgan fingerprint density at radius 3 is 2.56 bits per heavy atom. The fourth-order valence-electron chi connectivity index (χ4n) is 0.474. The zero-order valence-electron chi connectivity index (χ0n) is 5.11. The lowest BCUT2D eigenvalue weighted by molar-refractivity contribution is 0.699. The normalized spacial score (nSPS) is 9.44. The maximum absolute atomic E-state index is 10.3. The molecule has 0 aliphatic rings. The van der Waals surface area contributed by atoms with Gasteiger partial charge in [0.25, 0.3) is 0 Å². The van der Waals surface area contributed by atoms with Crippen molar-refractivity contribution in [2.24, 2.45) is 0 Å². The highest BCUT2D eigenvalue weighted by atomic mass is 16.1. The summed E-state index contributed by atoms with van der Waals surface area (Å²) in [6.45, 7) is 2.74. The average Bonchev–Trinajstić information content (AvgIpc) is 1.90. The van der Waals surface area contributed by atoms with E-state index >= 15 is 0 Å². The number of hydrogen-bond donors (Lipinski definition) is 0. The minimum atomic E-state index is -0.431. The number of nitrogens with zero attached hydrogens (tertiary/aromatic N) is 3. The Morgan fingerprint density at radius 2 is 2.11 bits per heavy atom. The molecule has 0 unspecified atom stereocenters. The molecule has 0 saturated heterocycles. The summed E-state index contributed by atoms with van der Waals surface area (Å²) in [6.07, 6.45) is 2.94. The Bertz CT molecular complexity index is 222. The predicted molar refractivity (Wildman–Crippen MR) is 32.0 cm³/mol. The van der Waals surface area contributed by atoms with Gasteiger partial charge in [-0.2, -0.15) is 9.97 Å². The van der Waals surface area contributed by atoms with Gasteiger partial charge >= 0.3 is 5.69 Å². The summed E-state index contributed by atoms with van der Waals surface area (Å²) in [5.74, 6) is 0. The first kappa shape index (κ1) is 5.94. The van der Waals surface area contributed by atoms with Crippen LogP contribution in [0.3, 0.4) is 0 Å². The molecule has 9 heavy (non-hydrogen) atoms. The van der Waals surface area contributed by atoms with E-state index in [1.54, 1.807) is 4.57 Å². The van der Waals surface area contributed by atoms with Crippen molar-refractivity contribution in [3.05, 3.63) is 23.1 Å². The van der Waals surface area contributed by atoms with Crippen molar-refractivity contribution in [3.8, 4) is 0 Å². The first-order valence-corrected chi connectivity index (χ1v) is 2.71. The summed E-state index contributed by atoms with van der Waals surface area (Å²) in [4.78, 5) is 17.2. The monoisotopic (exact) mass is 125 g/mol. The Balaban J connectivity index is 3.02. The van der Waals surface area contributed by atoms with Gasteiger partial charge in [-0.25, -0.2) is 4.79 Å². The summed E-state index contributed by atoms with van der Waals surface area (Å²) in [5.41, 5.74) is -0.431. The fraction of sp³-hybridized carbons (Fsp3) is 0.400. The van der Waals surface area contributed by atoms with Crippen LogP contribution in [0.4, 0.5) is 0 Å².